The van der Waals surface area contributed by atoms with Crippen molar-refractivity contribution >= 4 is 28.9 Å². The Kier molecular flexibility index (Phi) is 10.8. The van der Waals surface area contributed by atoms with Gasteiger partial charge in [0.15, 0.2) is 0 Å². The minimum atomic E-state index is 0.685. The Labute approximate surface area is 140 Å². The molecule has 1 aromatic rings. The van der Waals surface area contributed by atoms with Gasteiger partial charge < -0.3 is 5.32 Å². The minimum Gasteiger partial charge on any atom is -0.384 e. The largest absolute Gasteiger partial charge is 0.384 e. The van der Waals surface area contributed by atoms with Crippen LogP contribution < -0.4 is 5.32 Å². The van der Waals surface area contributed by atoms with Crippen LogP contribution in [0.25, 0.3) is 0 Å². The number of benzene rings is 1. The molecule has 0 fully saturated rings. The van der Waals surface area contributed by atoms with Crippen molar-refractivity contribution in [1.82, 2.24) is 0 Å². The lowest BCUT2D eigenvalue weighted by atomic mass is 10.1. The monoisotopic (exact) mass is 329 g/mol. The molecule has 0 aliphatic carbocycles. The Morgan fingerprint density at radius 3 is 1.95 bits per heavy atom. The average molecular weight is 330 g/mol. The summed E-state index contributed by atoms with van der Waals surface area (Å²) in [7, 11) is 0. The molecule has 1 rings (SSSR count). The maximum Gasteiger partial charge on any atom is 0.0652 e. The second-order valence-corrected chi connectivity index (χ2v) is 6.58. The van der Waals surface area contributed by atoms with E-state index in [-0.39, 0.29) is 0 Å². The van der Waals surface area contributed by atoms with E-state index in [2.05, 4.69) is 12.2 Å². The first-order valence-electron chi connectivity index (χ1n) is 8.43. The first kappa shape index (κ1) is 18.6. The summed E-state index contributed by atoms with van der Waals surface area (Å²) in [4.78, 5) is 0. The van der Waals surface area contributed by atoms with Crippen LogP contribution in [-0.2, 0) is 0 Å². The Bertz CT molecular complexity index is 379. The molecule has 21 heavy (non-hydrogen) atoms. The van der Waals surface area contributed by atoms with Gasteiger partial charge >= 0.3 is 0 Å². The van der Waals surface area contributed by atoms with Gasteiger partial charge in [-0.2, -0.15) is 0 Å². The van der Waals surface area contributed by atoms with Crippen molar-refractivity contribution < 1.29 is 0 Å². The topological polar surface area (TPSA) is 12.0 Å². The molecule has 0 aliphatic heterocycles. The molecule has 0 spiro atoms. The molecule has 0 bridgehead atoms. The average Bonchev–Trinajstić information content (AvgIpc) is 2.46. The molecule has 0 aliphatic rings. The van der Waals surface area contributed by atoms with Crippen molar-refractivity contribution in [3.8, 4) is 0 Å². The maximum atomic E-state index is 6.12. The highest BCUT2D eigenvalue weighted by molar-refractivity contribution is 6.36. The molecule has 0 amide bonds. The van der Waals surface area contributed by atoms with Crippen LogP contribution in [0, 0.1) is 0 Å². The van der Waals surface area contributed by atoms with Gasteiger partial charge in [-0.3, -0.25) is 0 Å². The van der Waals surface area contributed by atoms with Crippen molar-refractivity contribution in [3.63, 3.8) is 0 Å². The molecule has 1 N–H and O–H groups in total. The molecule has 1 nitrogen and oxygen atoms in total. The van der Waals surface area contributed by atoms with E-state index in [1.165, 1.54) is 64.2 Å². The smallest absolute Gasteiger partial charge is 0.0652 e. The van der Waals surface area contributed by atoms with Crippen molar-refractivity contribution in [2.45, 2.75) is 71.1 Å². The zero-order valence-electron chi connectivity index (χ0n) is 13.3. The van der Waals surface area contributed by atoms with Crippen molar-refractivity contribution in [3.05, 3.63) is 28.2 Å². The number of halogens is 2. The van der Waals surface area contributed by atoms with Gasteiger partial charge in [0.05, 0.1) is 10.7 Å². The van der Waals surface area contributed by atoms with Crippen LogP contribution in [0.4, 0.5) is 5.69 Å². The van der Waals surface area contributed by atoms with E-state index in [9.17, 15) is 0 Å². The summed E-state index contributed by atoms with van der Waals surface area (Å²) in [5, 5.41) is 4.76. The van der Waals surface area contributed by atoms with Crippen LogP contribution in [0.2, 0.25) is 10.0 Å². The third kappa shape index (κ3) is 9.26. The van der Waals surface area contributed by atoms with Gasteiger partial charge in [0, 0.05) is 11.6 Å². The summed E-state index contributed by atoms with van der Waals surface area (Å²) in [6.07, 6.45) is 13.6. The lowest BCUT2D eigenvalue weighted by Crippen LogP contribution is -2.01. The molecule has 0 atom stereocenters. The van der Waals surface area contributed by atoms with Gasteiger partial charge in [-0.05, 0) is 24.6 Å². The highest BCUT2D eigenvalue weighted by atomic mass is 35.5. The van der Waals surface area contributed by atoms with Gasteiger partial charge in [-0.15, -0.1) is 0 Å². The maximum absolute atomic E-state index is 6.12. The normalized spacial score (nSPS) is 10.8. The minimum absolute atomic E-state index is 0.685. The molecule has 0 aromatic heterocycles. The molecular formula is C18H29Cl2N. The van der Waals surface area contributed by atoms with Crippen LogP contribution in [0.5, 0.6) is 0 Å². The van der Waals surface area contributed by atoms with E-state index in [1.807, 2.05) is 12.1 Å². The van der Waals surface area contributed by atoms with Crippen molar-refractivity contribution in [2.75, 3.05) is 11.9 Å². The fourth-order valence-electron chi connectivity index (χ4n) is 2.47. The predicted octanol–water partition coefficient (Wildman–Crippen LogP) is 7.33. The second kappa shape index (κ2) is 12.2. The third-order valence-electron chi connectivity index (χ3n) is 3.78. The number of anilines is 1. The SMILES string of the molecule is CCCCCCCCCCCCNc1ccc(Cl)cc1Cl. The lowest BCUT2D eigenvalue weighted by Gasteiger charge is -2.08. The fraction of sp³-hybridized carbons (Fsp3) is 0.667. The highest BCUT2D eigenvalue weighted by Crippen LogP contribution is 2.25. The molecule has 0 heterocycles. The van der Waals surface area contributed by atoms with Crippen molar-refractivity contribution in [1.29, 1.82) is 0 Å². The number of hydrogen-bond acceptors (Lipinski definition) is 1. The van der Waals surface area contributed by atoms with Gasteiger partial charge in [0.2, 0.25) is 0 Å². The molecular weight excluding hydrogens is 301 g/mol. The molecule has 120 valence electrons. The molecule has 1 aromatic carbocycles. The summed E-state index contributed by atoms with van der Waals surface area (Å²) in [6.45, 7) is 3.25. The predicted molar refractivity (Wildman–Crippen MR) is 96.8 cm³/mol. The molecule has 3 heteroatoms. The third-order valence-corrected chi connectivity index (χ3v) is 4.32. The van der Waals surface area contributed by atoms with Gasteiger partial charge in [-0.25, -0.2) is 0 Å². The number of rotatable bonds is 12. The molecule has 0 unspecified atom stereocenters. The second-order valence-electron chi connectivity index (χ2n) is 5.73. The Balaban J connectivity index is 1.93. The van der Waals surface area contributed by atoms with E-state index >= 15 is 0 Å². The summed E-state index contributed by atoms with van der Waals surface area (Å²) in [5.41, 5.74) is 0.983. The number of unbranched alkanes of at least 4 members (excludes halogenated alkanes) is 9. The van der Waals surface area contributed by atoms with Crippen LogP contribution in [0.3, 0.4) is 0 Å². The van der Waals surface area contributed by atoms with E-state index in [0.29, 0.717) is 10.0 Å². The summed E-state index contributed by atoms with van der Waals surface area (Å²) in [5.74, 6) is 0. The molecule has 0 saturated carbocycles. The zero-order chi connectivity index (χ0) is 15.3. The van der Waals surface area contributed by atoms with E-state index in [4.69, 9.17) is 23.2 Å². The van der Waals surface area contributed by atoms with E-state index < -0.39 is 0 Å². The van der Waals surface area contributed by atoms with Crippen LogP contribution in [-0.4, -0.2) is 6.54 Å². The first-order valence-corrected chi connectivity index (χ1v) is 9.18. The molecule has 0 saturated heterocycles. The van der Waals surface area contributed by atoms with Crippen LogP contribution in [0.15, 0.2) is 18.2 Å². The van der Waals surface area contributed by atoms with Gasteiger partial charge in [0.25, 0.3) is 0 Å². The zero-order valence-corrected chi connectivity index (χ0v) is 14.8. The Morgan fingerprint density at radius 1 is 0.810 bits per heavy atom. The highest BCUT2D eigenvalue weighted by Gasteiger charge is 2.00. The van der Waals surface area contributed by atoms with Crippen LogP contribution in [0.1, 0.15) is 71.1 Å². The lowest BCUT2D eigenvalue weighted by molar-refractivity contribution is 0.560. The number of nitrogens with one attached hydrogen (secondary N) is 1. The van der Waals surface area contributed by atoms with E-state index in [1.54, 1.807) is 6.07 Å². The van der Waals surface area contributed by atoms with Gasteiger partial charge in [-0.1, -0.05) is 87.9 Å². The quantitative estimate of drug-likeness (QED) is 0.396. The van der Waals surface area contributed by atoms with Crippen molar-refractivity contribution in [2.24, 2.45) is 0 Å². The summed E-state index contributed by atoms with van der Waals surface area (Å²) >= 11 is 12.0. The number of hydrogen-bond donors (Lipinski definition) is 1. The Morgan fingerprint density at radius 2 is 1.38 bits per heavy atom. The molecule has 0 radical (unpaired) electrons. The standard InChI is InChI=1S/C18H29Cl2N/c1-2-3-4-5-6-7-8-9-10-11-14-21-18-13-12-16(19)15-17(18)20/h12-13,15,21H,2-11,14H2,1H3. The van der Waals surface area contributed by atoms with Crippen LogP contribution >= 0.6 is 23.2 Å². The van der Waals surface area contributed by atoms with Gasteiger partial charge in [0.1, 0.15) is 0 Å². The first-order chi connectivity index (χ1) is 10.2. The fourth-order valence-corrected chi connectivity index (χ4v) is 2.94. The Hall–Kier alpha value is -0.400. The van der Waals surface area contributed by atoms with E-state index in [0.717, 1.165) is 12.2 Å². The summed E-state index contributed by atoms with van der Waals surface area (Å²) < 4.78 is 0. The summed E-state index contributed by atoms with van der Waals surface area (Å²) in [6, 6.07) is 5.60.